The number of aromatic nitrogens is 1. The molecule has 0 fully saturated rings. The highest BCUT2D eigenvalue weighted by Crippen LogP contribution is 2.52. The molecule has 1 N–H and O–H groups in total. The quantitative estimate of drug-likeness (QED) is 0.180. The zero-order valence-corrected chi connectivity index (χ0v) is 33.4. The van der Waals surface area contributed by atoms with E-state index in [9.17, 15) is 0 Å². The molecule has 0 bridgehead atoms. The minimum atomic E-state index is -0.0692. The van der Waals surface area contributed by atoms with Gasteiger partial charge in [0.2, 0.25) is 0 Å². The van der Waals surface area contributed by atoms with Gasteiger partial charge >= 0.3 is 0 Å². The van der Waals surface area contributed by atoms with Crippen LogP contribution >= 0.6 is 0 Å². The third-order valence-corrected chi connectivity index (χ3v) is 13.4. The standard InChI is InChI=1S/C58H35N3O/c1-2-12-35(13-3-1)55-54-43-19-6-4-16-40(43)41-17-5-7-20-44(41)56(54)60-58(59-55)36-24-28-39(29-25-36)61-49-23-9-8-18-42(49)47-32-37(26-30-50(47)61)38-27-31-51-48(33-38)53-45-21-10-14-34-15-11-22-46(52(34)45)57(53)62-51/h1-33,55H,(H,59,60). The molecule has 2 aromatic heterocycles. The first kappa shape index (κ1) is 33.6. The number of para-hydroxylation sites is 1. The lowest BCUT2D eigenvalue weighted by Crippen LogP contribution is -2.33. The van der Waals surface area contributed by atoms with Gasteiger partial charge in [-0.25, -0.2) is 4.99 Å². The molecule has 1 aliphatic carbocycles. The summed E-state index contributed by atoms with van der Waals surface area (Å²) in [4.78, 5) is 5.45. The van der Waals surface area contributed by atoms with E-state index in [-0.39, 0.29) is 6.04 Å². The highest BCUT2D eigenvalue weighted by Gasteiger charge is 2.30. The molecular formula is C58H35N3O. The van der Waals surface area contributed by atoms with Crippen molar-refractivity contribution in [1.29, 1.82) is 0 Å². The molecule has 14 rings (SSSR count). The topological polar surface area (TPSA) is 42.5 Å². The second kappa shape index (κ2) is 12.7. The van der Waals surface area contributed by atoms with Crippen LogP contribution in [0.2, 0.25) is 0 Å². The van der Waals surface area contributed by atoms with Gasteiger partial charge in [-0.3, -0.25) is 0 Å². The van der Waals surface area contributed by atoms with E-state index < -0.39 is 0 Å². The molecular weight excluding hydrogens is 755 g/mol. The van der Waals surface area contributed by atoms with Crippen molar-refractivity contribution in [3.8, 4) is 39.3 Å². The summed E-state index contributed by atoms with van der Waals surface area (Å²) in [5, 5.41) is 14.9. The van der Waals surface area contributed by atoms with Crippen molar-refractivity contribution >= 4 is 76.6 Å². The second-order valence-corrected chi connectivity index (χ2v) is 16.7. The summed E-state index contributed by atoms with van der Waals surface area (Å²) in [6, 6.07) is 72.4. The maximum atomic E-state index is 6.56. The van der Waals surface area contributed by atoms with Crippen LogP contribution < -0.4 is 5.32 Å². The average Bonchev–Trinajstić information content (AvgIpc) is 3.99. The summed E-state index contributed by atoms with van der Waals surface area (Å²) in [7, 11) is 0. The minimum Gasteiger partial charge on any atom is -0.455 e. The molecule has 288 valence electrons. The Morgan fingerprint density at radius 2 is 1.10 bits per heavy atom. The van der Waals surface area contributed by atoms with Gasteiger partial charge in [-0.1, -0.05) is 146 Å². The van der Waals surface area contributed by atoms with Gasteiger partial charge in [0.05, 0.1) is 22.8 Å². The number of furan rings is 1. The summed E-state index contributed by atoms with van der Waals surface area (Å²) in [5.41, 5.74) is 14.8. The van der Waals surface area contributed by atoms with E-state index in [4.69, 9.17) is 9.41 Å². The Morgan fingerprint density at radius 1 is 0.468 bits per heavy atom. The van der Waals surface area contributed by atoms with E-state index in [1.807, 2.05) is 0 Å². The van der Waals surface area contributed by atoms with Gasteiger partial charge in [0, 0.05) is 54.9 Å². The lowest BCUT2D eigenvalue weighted by molar-refractivity contribution is 0.634. The van der Waals surface area contributed by atoms with Crippen molar-refractivity contribution < 1.29 is 4.42 Å². The van der Waals surface area contributed by atoms with E-state index in [1.54, 1.807) is 0 Å². The van der Waals surface area contributed by atoms with Crippen molar-refractivity contribution in [3.63, 3.8) is 0 Å². The number of fused-ring (bicyclic) bond motifs is 14. The van der Waals surface area contributed by atoms with Crippen LogP contribution in [0.4, 0.5) is 5.69 Å². The molecule has 3 heterocycles. The van der Waals surface area contributed by atoms with E-state index in [1.165, 1.54) is 93.1 Å². The van der Waals surface area contributed by atoms with E-state index >= 15 is 0 Å². The van der Waals surface area contributed by atoms with Crippen LogP contribution in [0.5, 0.6) is 0 Å². The molecule has 0 amide bonds. The third-order valence-electron chi connectivity index (χ3n) is 13.4. The lowest BCUT2D eigenvalue weighted by Gasteiger charge is -2.30. The summed E-state index contributed by atoms with van der Waals surface area (Å²) in [5.74, 6) is 1.84. The van der Waals surface area contributed by atoms with Crippen LogP contribution in [-0.4, -0.2) is 10.4 Å². The maximum absolute atomic E-state index is 6.56. The van der Waals surface area contributed by atoms with E-state index in [2.05, 4.69) is 210 Å². The monoisotopic (exact) mass is 789 g/mol. The van der Waals surface area contributed by atoms with E-state index in [0.29, 0.717) is 0 Å². The Morgan fingerprint density at radius 3 is 1.90 bits per heavy atom. The molecule has 12 aromatic rings. The summed E-state index contributed by atoms with van der Waals surface area (Å²) in [6.45, 7) is 0. The highest BCUT2D eigenvalue weighted by atomic mass is 16.3. The van der Waals surface area contributed by atoms with Crippen molar-refractivity contribution in [1.82, 2.24) is 9.88 Å². The molecule has 10 aromatic carbocycles. The molecule has 4 heteroatoms. The molecule has 0 radical (unpaired) electrons. The van der Waals surface area contributed by atoms with Crippen LogP contribution in [0.25, 0.3) is 104 Å². The zero-order valence-electron chi connectivity index (χ0n) is 33.4. The van der Waals surface area contributed by atoms with Crippen molar-refractivity contribution in [2.24, 2.45) is 4.99 Å². The van der Waals surface area contributed by atoms with Crippen LogP contribution in [0.15, 0.2) is 210 Å². The normalized spacial score (nSPS) is 14.2. The Bertz CT molecular complexity index is 3880. The number of hydrogen-bond donors (Lipinski definition) is 1. The van der Waals surface area contributed by atoms with Gasteiger partial charge in [0.15, 0.2) is 0 Å². The molecule has 0 saturated heterocycles. The lowest BCUT2D eigenvalue weighted by atomic mass is 9.87. The zero-order chi connectivity index (χ0) is 40.5. The maximum Gasteiger partial charge on any atom is 0.143 e. The number of nitrogens with one attached hydrogen (secondary N) is 1. The minimum absolute atomic E-state index is 0.0692. The first-order valence-electron chi connectivity index (χ1n) is 21.3. The number of amidine groups is 1. The fourth-order valence-electron chi connectivity index (χ4n) is 10.6. The van der Waals surface area contributed by atoms with Gasteiger partial charge < -0.3 is 14.3 Å². The van der Waals surface area contributed by atoms with Gasteiger partial charge in [-0.15, -0.1) is 0 Å². The fourth-order valence-corrected chi connectivity index (χ4v) is 10.6. The van der Waals surface area contributed by atoms with Gasteiger partial charge in [-0.05, 0) is 98.4 Å². The van der Waals surface area contributed by atoms with Gasteiger partial charge in [0.25, 0.3) is 0 Å². The van der Waals surface area contributed by atoms with Crippen molar-refractivity contribution in [2.75, 3.05) is 0 Å². The highest BCUT2D eigenvalue weighted by molar-refractivity contribution is 6.21. The molecule has 1 unspecified atom stereocenters. The second-order valence-electron chi connectivity index (χ2n) is 16.7. The fraction of sp³-hybridized carbons (Fsp3) is 0.0172. The number of aliphatic imine (C=N–C) groups is 1. The third kappa shape index (κ3) is 4.69. The summed E-state index contributed by atoms with van der Waals surface area (Å²) in [6.07, 6.45) is 0. The number of benzene rings is 10. The van der Waals surface area contributed by atoms with Crippen LogP contribution in [0.1, 0.15) is 22.7 Å². The Hall–Kier alpha value is -8.21. The molecule has 4 nitrogen and oxygen atoms in total. The first-order valence-corrected chi connectivity index (χ1v) is 21.3. The number of nitrogens with zero attached hydrogens (tertiary/aromatic N) is 2. The molecule has 1 atom stereocenters. The predicted molar refractivity (Wildman–Crippen MR) is 257 cm³/mol. The van der Waals surface area contributed by atoms with E-state index in [0.717, 1.165) is 39.5 Å². The van der Waals surface area contributed by atoms with Crippen molar-refractivity contribution in [3.05, 3.63) is 217 Å². The van der Waals surface area contributed by atoms with Crippen LogP contribution in [-0.2, 0) is 0 Å². The average molecular weight is 790 g/mol. The Kier molecular flexibility index (Phi) is 6.86. The van der Waals surface area contributed by atoms with Crippen LogP contribution in [0, 0.1) is 0 Å². The molecule has 0 saturated carbocycles. The molecule has 1 aliphatic heterocycles. The number of hydrogen-bond acceptors (Lipinski definition) is 3. The largest absolute Gasteiger partial charge is 0.455 e. The predicted octanol–water partition coefficient (Wildman–Crippen LogP) is 15.1. The van der Waals surface area contributed by atoms with Crippen LogP contribution in [0.3, 0.4) is 0 Å². The summed E-state index contributed by atoms with van der Waals surface area (Å²) < 4.78 is 8.95. The number of rotatable bonds is 4. The first-order chi connectivity index (χ1) is 30.7. The summed E-state index contributed by atoms with van der Waals surface area (Å²) >= 11 is 0. The SMILES string of the molecule is c1ccc(C2NC(c3ccc(-n4c5ccccc5c5cc(-c6ccc7oc8c(c7c6)-c6cccc7cccc-8c67)ccc54)cc3)=Nc3c2c2ccccc2c2ccccc32)cc1. The van der Waals surface area contributed by atoms with Gasteiger partial charge in [0.1, 0.15) is 17.2 Å². The van der Waals surface area contributed by atoms with Gasteiger partial charge in [-0.2, -0.15) is 0 Å². The smallest absolute Gasteiger partial charge is 0.143 e. The Balaban J connectivity index is 0.879. The Labute approximate surface area is 356 Å². The molecule has 62 heavy (non-hydrogen) atoms. The van der Waals surface area contributed by atoms with Crippen molar-refractivity contribution in [2.45, 2.75) is 6.04 Å². The molecule has 0 spiro atoms. The molecule has 2 aliphatic rings.